The van der Waals surface area contributed by atoms with Crippen molar-refractivity contribution in [1.29, 1.82) is 0 Å². The van der Waals surface area contributed by atoms with Crippen LogP contribution in [0.1, 0.15) is 5.56 Å². The molecule has 31 heavy (non-hydrogen) atoms. The molecule has 0 aromatic heterocycles. The Kier molecular flexibility index (Phi) is 10.1. The Balaban J connectivity index is 0.00000480. The third-order valence-corrected chi connectivity index (χ3v) is 5.46. The average molecular weight is 477 g/mol. The van der Waals surface area contributed by atoms with E-state index in [9.17, 15) is 21.6 Å². The number of hydrogen-bond donors (Lipinski definition) is 1. The molecule has 0 bridgehead atoms. The third-order valence-electron chi connectivity index (χ3n) is 4.07. The van der Waals surface area contributed by atoms with Crippen LogP contribution in [0.5, 0.6) is 5.75 Å². The predicted octanol–water partition coefficient (Wildman–Crippen LogP) is 5.02. The number of hydrogen-bond acceptors (Lipinski definition) is 4. The Morgan fingerprint density at radius 3 is 2.00 bits per heavy atom. The molecule has 1 N–H and O–H groups in total. The molecule has 170 valence electrons. The quantitative estimate of drug-likeness (QED) is 0.462. The molecule has 2 aromatic carbocycles. The van der Waals surface area contributed by atoms with Crippen molar-refractivity contribution in [2.45, 2.75) is 17.7 Å². The number of halogens is 4. The van der Waals surface area contributed by atoms with Gasteiger partial charge in [0.2, 0.25) is 0 Å². The number of sulfonamides is 1. The van der Waals surface area contributed by atoms with Crippen molar-refractivity contribution in [3.8, 4) is 5.75 Å². The number of alkyl halides is 3. The van der Waals surface area contributed by atoms with Crippen molar-refractivity contribution >= 4 is 28.1 Å². The summed E-state index contributed by atoms with van der Waals surface area (Å²) in [7, 11) is -3.94. The molecular formula is C21H24ClF3N2O3S. The number of benzene rings is 2. The van der Waals surface area contributed by atoms with Gasteiger partial charge in [-0.05, 0) is 48.4 Å². The van der Waals surface area contributed by atoms with Gasteiger partial charge in [0.25, 0.3) is 10.0 Å². The zero-order chi connectivity index (χ0) is 22.2. The number of ether oxygens (including phenoxy) is 1. The Hall–Kier alpha value is -2.49. The van der Waals surface area contributed by atoms with Gasteiger partial charge in [0.1, 0.15) is 5.75 Å². The van der Waals surface area contributed by atoms with Crippen LogP contribution in [-0.2, 0) is 16.4 Å². The van der Waals surface area contributed by atoms with E-state index in [1.54, 1.807) is 12.1 Å². The molecule has 2 rings (SSSR count). The summed E-state index contributed by atoms with van der Waals surface area (Å²) in [5.74, 6) is -0.493. The van der Waals surface area contributed by atoms with Gasteiger partial charge in [-0.2, -0.15) is 0 Å². The van der Waals surface area contributed by atoms with E-state index in [1.165, 1.54) is 0 Å². The molecule has 0 saturated carbocycles. The molecule has 0 heterocycles. The monoisotopic (exact) mass is 476 g/mol. The first-order valence-electron chi connectivity index (χ1n) is 9.04. The second kappa shape index (κ2) is 11.8. The molecule has 5 nitrogen and oxygen atoms in total. The number of nitrogens with one attached hydrogen (secondary N) is 1. The van der Waals surface area contributed by atoms with Crippen molar-refractivity contribution in [1.82, 2.24) is 4.90 Å². The smallest absolute Gasteiger partial charge is 0.406 e. The van der Waals surface area contributed by atoms with E-state index in [1.807, 2.05) is 24.3 Å². The van der Waals surface area contributed by atoms with Crippen molar-refractivity contribution < 1.29 is 26.3 Å². The fourth-order valence-corrected chi connectivity index (χ4v) is 3.74. The summed E-state index contributed by atoms with van der Waals surface area (Å²) < 4.78 is 67.7. The highest BCUT2D eigenvalue weighted by molar-refractivity contribution is 7.92. The Labute approximate surface area is 186 Å². The Morgan fingerprint density at radius 1 is 0.968 bits per heavy atom. The molecule has 0 atom stereocenters. The van der Waals surface area contributed by atoms with Crippen LogP contribution in [0.3, 0.4) is 0 Å². The predicted molar refractivity (Wildman–Crippen MR) is 118 cm³/mol. The summed E-state index contributed by atoms with van der Waals surface area (Å²) in [5, 5.41) is 0. The van der Waals surface area contributed by atoms with Crippen LogP contribution in [0, 0.1) is 0 Å². The summed E-state index contributed by atoms with van der Waals surface area (Å²) in [4.78, 5) is 1.99. The van der Waals surface area contributed by atoms with Crippen molar-refractivity contribution in [2.24, 2.45) is 0 Å². The van der Waals surface area contributed by atoms with Gasteiger partial charge in [0, 0.05) is 25.3 Å². The SMILES string of the molecule is C=CCN(CC=C)CCc1ccc(NS(=O)(=O)c2ccc(OC(F)(F)F)cc2)cc1.Cl. The highest BCUT2D eigenvalue weighted by atomic mass is 35.5. The molecule has 0 aliphatic carbocycles. The minimum absolute atomic E-state index is 0. The van der Waals surface area contributed by atoms with Gasteiger partial charge >= 0.3 is 6.36 Å². The highest BCUT2D eigenvalue weighted by Gasteiger charge is 2.31. The maximum atomic E-state index is 12.4. The van der Waals surface area contributed by atoms with Crippen molar-refractivity contribution in [3.63, 3.8) is 0 Å². The summed E-state index contributed by atoms with van der Waals surface area (Å²) in [6, 6.07) is 10.9. The molecule has 10 heteroatoms. The van der Waals surface area contributed by atoms with E-state index in [0.29, 0.717) is 5.69 Å². The standard InChI is InChI=1S/C21H23F3N2O3S.ClH/c1-3-14-26(15-4-2)16-13-17-5-7-18(8-6-17)25-30(27,28)20-11-9-19(10-12-20)29-21(22,23)24;/h3-12,25H,1-2,13-16H2;1H. The van der Waals surface area contributed by atoms with Crippen LogP contribution in [0.2, 0.25) is 0 Å². The highest BCUT2D eigenvalue weighted by Crippen LogP contribution is 2.24. The summed E-state index contributed by atoms with van der Waals surface area (Å²) in [6.07, 6.45) is -0.420. The number of rotatable bonds is 11. The molecular weight excluding hydrogens is 453 g/mol. The average Bonchev–Trinajstić information content (AvgIpc) is 2.66. The largest absolute Gasteiger partial charge is 0.573 e. The third kappa shape index (κ3) is 9.04. The van der Waals surface area contributed by atoms with Crippen LogP contribution in [0.25, 0.3) is 0 Å². The lowest BCUT2D eigenvalue weighted by atomic mass is 10.1. The van der Waals surface area contributed by atoms with Crippen LogP contribution in [-0.4, -0.2) is 39.3 Å². The summed E-state index contributed by atoms with van der Waals surface area (Å²) in [5.41, 5.74) is 1.38. The molecule has 0 spiro atoms. The van der Waals surface area contributed by atoms with Crippen LogP contribution >= 0.6 is 12.4 Å². The lowest BCUT2D eigenvalue weighted by Crippen LogP contribution is -2.26. The molecule has 0 amide bonds. The van der Waals surface area contributed by atoms with Gasteiger partial charge in [0.15, 0.2) is 0 Å². The van der Waals surface area contributed by atoms with E-state index in [-0.39, 0.29) is 17.3 Å². The zero-order valence-electron chi connectivity index (χ0n) is 16.6. The second-order valence-electron chi connectivity index (χ2n) is 6.41. The summed E-state index contributed by atoms with van der Waals surface area (Å²) in [6.45, 7) is 9.76. The first kappa shape index (κ1) is 26.5. The van der Waals surface area contributed by atoms with Crippen LogP contribution in [0.15, 0.2) is 78.7 Å². The topological polar surface area (TPSA) is 58.6 Å². The van der Waals surface area contributed by atoms with E-state index >= 15 is 0 Å². The molecule has 2 aromatic rings. The van der Waals surface area contributed by atoms with Crippen molar-refractivity contribution in [2.75, 3.05) is 24.4 Å². The lowest BCUT2D eigenvalue weighted by molar-refractivity contribution is -0.274. The van der Waals surface area contributed by atoms with Gasteiger partial charge in [-0.1, -0.05) is 24.3 Å². The lowest BCUT2D eigenvalue weighted by Gasteiger charge is -2.18. The molecule has 0 aliphatic rings. The Morgan fingerprint density at radius 2 is 1.52 bits per heavy atom. The minimum Gasteiger partial charge on any atom is -0.406 e. The van der Waals surface area contributed by atoms with Gasteiger partial charge in [0.05, 0.1) is 4.90 Å². The van der Waals surface area contributed by atoms with Crippen LogP contribution in [0.4, 0.5) is 18.9 Å². The van der Waals surface area contributed by atoms with Gasteiger partial charge < -0.3 is 4.74 Å². The molecule has 0 saturated heterocycles. The van der Waals surface area contributed by atoms with Gasteiger partial charge in [-0.15, -0.1) is 38.7 Å². The second-order valence-corrected chi connectivity index (χ2v) is 8.09. The first-order chi connectivity index (χ1) is 14.1. The first-order valence-corrected chi connectivity index (χ1v) is 10.5. The minimum atomic E-state index is -4.84. The molecule has 0 radical (unpaired) electrons. The molecule has 0 aliphatic heterocycles. The molecule has 0 fully saturated rings. The van der Waals surface area contributed by atoms with Crippen molar-refractivity contribution in [3.05, 3.63) is 79.4 Å². The maximum absolute atomic E-state index is 12.4. The fourth-order valence-electron chi connectivity index (χ4n) is 2.68. The normalized spacial score (nSPS) is 11.5. The van der Waals surface area contributed by atoms with E-state index in [0.717, 1.165) is 55.9 Å². The zero-order valence-corrected chi connectivity index (χ0v) is 18.3. The maximum Gasteiger partial charge on any atom is 0.573 e. The van der Waals surface area contributed by atoms with E-state index in [2.05, 4.69) is 27.5 Å². The van der Waals surface area contributed by atoms with Crippen LogP contribution < -0.4 is 9.46 Å². The molecule has 0 unspecified atom stereocenters. The van der Waals surface area contributed by atoms with E-state index in [4.69, 9.17) is 0 Å². The van der Waals surface area contributed by atoms with Gasteiger partial charge in [-0.25, -0.2) is 8.42 Å². The van der Waals surface area contributed by atoms with E-state index < -0.39 is 22.1 Å². The Bertz CT molecular complexity index is 937. The number of nitrogens with zero attached hydrogens (tertiary/aromatic N) is 1. The fraction of sp³-hybridized carbons (Fsp3) is 0.238. The van der Waals surface area contributed by atoms with Gasteiger partial charge in [-0.3, -0.25) is 9.62 Å². The number of anilines is 1. The summed E-state index contributed by atoms with van der Waals surface area (Å²) >= 11 is 0.